The SMILES string of the molecule is N[C@@H]1CN[C@@H](C(=O)N[C@H](CCc2ccccc2)C(=O)Nc2cnc3ccccc3c2)C1. The molecule has 5 N–H and O–H groups in total. The number of hydrogen-bond donors (Lipinski definition) is 4. The summed E-state index contributed by atoms with van der Waals surface area (Å²) in [6.07, 6.45) is 3.36. The van der Waals surface area contributed by atoms with Crippen molar-refractivity contribution >= 4 is 28.4 Å². The van der Waals surface area contributed by atoms with Crippen LogP contribution in [0.2, 0.25) is 0 Å². The Hall–Kier alpha value is -3.29. The van der Waals surface area contributed by atoms with Gasteiger partial charge in [-0.2, -0.15) is 0 Å². The summed E-state index contributed by atoms with van der Waals surface area (Å²) in [5.74, 6) is -0.457. The quantitative estimate of drug-likeness (QED) is 0.470. The van der Waals surface area contributed by atoms with E-state index in [9.17, 15) is 9.59 Å². The van der Waals surface area contributed by atoms with Gasteiger partial charge in [0.2, 0.25) is 11.8 Å². The van der Waals surface area contributed by atoms with Crippen LogP contribution in [-0.4, -0.2) is 41.5 Å². The van der Waals surface area contributed by atoms with E-state index in [2.05, 4.69) is 20.9 Å². The van der Waals surface area contributed by atoms with E-state index in [1.807, 2.05) is 60.7 Å². The molecule has 1 aliphatic heterocycles. The van der Waals surface area contributed by atoms with Crippen LogP contribution in [0.5, 0.6) is 0 Å². The lowest BCUT2D eigenvalue weighted by Gasteiger charge is -2.21. The molecule has 0 radical (unpaired) electrons. The van der Waals surface area contributed by atoms with Crippen molar-refractivity contribution in [1.82, 2.24) is 15.6 Å². The highest BCUT2D eigenvalue weighted by Gasteiger charge is 2.30. The van der Waals surface area contributed by atoms with E-state index in [4.69, 9.17) is 5.73 Å². The summed E-state index contributed by atoms with van der Waals surface area (Å²) < 4.78 is 0. The number of para-hydroxylation sites is 1. The normalized spacial score (nSPS) is 19.1. The standard InChI is InChI=1S/C24H27N5O2/c25-18-13-22(26-14-18)24(31)29-21(11-10-16-6-2-1-3-7-16)23(30)28-19-12-17-8-4-5-9-20(17)27-15-19/h1-9,12,15,18,21-22,26H,10-11,13-14,25H2,(H,28,30)(H,29,31)/t18-,21+,22+/m0/s1. The van der Waals surface area contributed by atoms with E-state index in [1.165, 1.54) is 0 Å². The highest BCUT2D eigenvalue weighted by atomic mass is 16.2. The fourth-order valence-electron chi connectivity index (χ4n) is 3.83. The Bertz CT molecular complexity index is 1060. The zero-order valence-electron chi connectivity index (χ0n) is 17.3. The van der Waals surface area contributed by atoms with Crippen molar-refractivity contribution in [2.75, 3.05) is 11.9 Å². The first-order chi connectivity index (χ1) is 15.1. The molecule has 0 aliphatic carbocycles. The number of rotatable bonds is 7. The fourth-order valence-corrected chi connectivity index (χ4v) is 3.83. The Balaban J connectivity index is 1.47. The Kier molecular flexibility index (Phi) is 6.54. The van der Waals surface area contributed by atoms with E-state index in [-0.39, 0.29) is 23.9 Å². The molecule has 1 aromatic heterocycles. The first kappa shape index (κ1) is 21.0. The molecule has 1 saturated heterocycles. The van der Waals surface area contributed by atoms with Crippen LogP contribution in [0.25, 0.3) is 10.9 Å². The minimum absolute atomic E-state index is 0.0454. The number of nitrogens with one attached hydrogen (secondary N) is 3. The molecule has 7 heteroatoms. The van der Waals surface area contributed by atoms with Crippen molar-refractivity contribution in [3.8, 4) is 0 Å². The Morgan fingerprint density at radius 3 is 2.68 bits per heavy atom. The van der Waals surface area contributed by atoms with Crippen molar-refractivity contribution < 1.29 is 9.59 Å². The van der Waals surface area contributed by atoms with Gasteiger partial charge in [-0.3, -0.25) is 14.6 Å². The van der Waals surface area contributed by atoms with Crippen LogP contribution >= 0.6 is 0 Å². The predicted molar refractivity (Wildman–Crippen MR) is 121 cm³/mol. The number of pyridine rings is 1. The smallest absolute Gasteiger partial charge is 0.247 e. The Morgan fingerprint density at radius 2 is 1.90 bits per heavy atom. The molecule has 1 aliphatic rings. The number of anilines is 1. The molecular formula is C24H27N5O2. The van der Waals surface area contributed by atoms with Crippen LogP contribution in [0.4, 0.5) is 5.69 Å². The summed E-state index contributed by atoms with van der Waals surface area (Å²) in [6, 6.07) is 18.4. The summed E-state index contributed by atoms with van der Waals surface area (Å²) in [5, 5.41) is 9.89. The largest absolute Gasteiger partial charge is 0.343 e. The lowest BCUT2D eigenvalue weighted by Crippen LogP contribution is -2.50. The zero-order chi connectivity index (χ0) is 21.6. The molecule has 4 rings (SSSR count). The molecule has 3 atom stereocenters. The van der Waals surface area contributed by atoms with Crippen molar-refractivity contribution in [3.05, 3.63) is 72.4 Å². The molecule has 2 aromatic carbocycles. The van der Waals surface area contributed by atoms with Gasteiger partial charge in [0.1, 0.15) is 6.04 Å². The van der Waals surface area contributed by atoms with Gasteiger partial charge in [0.05, 0.1) is 23.4 Å². The molecule has 1 fully saturated rings. The molecule has 2 heterocycles. The van der Waals surface area contributed by atoms with Gasteiger partial charge in [-0.15, -0.1) is 0 Å². The topological polar surface area (TPSA) is 109 Å². The monoisotopic (exact) mass is 417 g/mol. The van der Waals surface area contributed by atoms with Gasteiger partial charge in [0.15, 0.2) is 0 Å². The summed E-state index contributed by atoms with van der Waals surface area (Å²) in [5.41, 5.74) is 8.48. The van der Waals surface area contributed by atoms with E-state index in [0.717, 1.165) is 16.5 Å². The van der Waals surface area contributed by atoms with Crippen molar-refractivity contribution in [2.45, 2.75) is 37.4 Å². The van der Waals surface area contributed by atoms with E-state index >= 15 is 0 Å². The van der Waals surface area contributed by atoms with Crippen LogP contribution in [0.3, 0.4) is 0 Å². The number of hydrogen-bond acceptors (Lipinski definition) is 5. The maximum atomic E-state index is 13.1. The average molecular weight is 418 g/mol. The number of aryl methyl sites for hydroxylation is 1. The molecule has 7 nitrogen and oxygen atoms in total. The molecule has 0 saturated carbocycles. The van der Waals surface area contributed by atoms with Crippen LogP contribution < -0.4 is 21.7 Å². The number of nitrogens with two attached hydrogens (primary N) is 1. The number of carbonyl (C=O) groups excluding carboxylic acids is 2. The van der Waals surface area contributed by atoms with Gasteiger partial charge in [-0.25, -0.2) is 0 Å². The third-order valence-corrected chi connectivity index (χ3v) is 5.54. The van der Waals surface area contributed by atoms with Crippen LogP contribution in [0, 0.1) is 0 Å². The minimum Gasteiger partial charge on any atom is -0.343 e. The van der Waals surface area contributed by atoms with Crippen LogP contribution in [-0.2, 0) is 16.0 Å². The molecule has 160 valence electrons. The van der Waals surface area contributed by atoms with Gasteiger partial charge >= 0.3 is 0 Å². The number of amides is 2. The van der Waals surface area contributed by atoms with Gasteiger partial charge in [-0.1, -0.05) is 48.5 Å². The molecule has 0 bridgehead atoms. The molecule has 0 unspecified atom stereocenters. The van der Waals surface area contributed by atoms with Crippen molar-refractivity contribution in [2.24, 2.45) is 5.73 Å². The summed E-state index contributed by atoms with van der Waals surface area (Å²) in [6.45, 7) is 0.599. The van der Waals surface area contributed by atoms with Crippen molar-refractivity contribution in [1.29, 1.82) is 0 Å². The summed E-state index contributed by atoms with van der Waals surface area (Å²) in [4.78, 5) is 30.2. The van der Waals surface area contributed by atoms with Gasteiger partial charge in [0.25, 0.3) is 0 Å². The van der Waals surface area contributed by atoms with Gasteiger partial charge < -0.3 is 21.7 Å². The van der Waals surface area contributed by atoms with Crippen LogP contribution in [0.15, 0.2) is 66.9 Å². The number of benzene rings is 2. The average Bonchev–Trinajstić information content (AvgIpc) is 3.23. The molecule has 31 heavy (non-hydrogen) atoms. The third kappa shape index (κ3) is 5.45. The molecule has 2 amide bonds. The lowest BCUT2D eigenvalue weighted by atomic mass is 10.0. The Morgan fingerprint density at radius 1 is 1.13 bits per heavy atom. The third-order valence-electron chi connectivity index (χ3n) is 5.54. The second kappa shape index (κ2) is 9.68. The summed E-state index contributed by atoms with van der Waals surface area (Å²) in [7, 11) is 0. The fraction of sp³-hybridized carbons (Fsp3) is 0.292. The van der Waals surface area contributed by atoms with E-state index in [1.54, 1.807) is 6.20 Å². The number of nitrogens with zero attached hydrogens (tertiary/aromatic N) is 1. The first-order valence-electron chi connectivity index (χ1n) is 10.6. The highest BCUT2D eigenvalue weighted by molar-refractivity contribution is 5.99. The minimum atomic E-state index is -0.669. The van der Waals surface area contributed by atoms with E-state index in [0.29, 0.717) is 31.5 Å². The van der Waals surface area contributed by atoms with Gasteiger partial charge in [-0.05, 0) is 37.0 Å². The maximum Gasteiger partial charge on any atom is 0.247 e. The van der Waals surface area contributed by atoms with Crippen LogP contribution in [0.1, 0.15) is 18.4 Å². The number of aromatic nitrogens is 1. The lowest BCUT2D eigenvalue weighted by molar-refractivity contribution is -0.127. The highest BCUT2D eigenvalue weighted by Crippen LogP contribution is 2.17. The predicted octanol–water partition coefficient (Wildman–Crippen LogP) is 1.98. The first-order valence-corrected chi connectivity index (χ1v) is 10.6. The second-order valence-electron chi connectivity index (χ2n) is 7.95. The maximum absolute atomic E-state index is 13.1. The summed E-state index contributed by atoms with van der Waals surface area (Å²) >= 11 is 0. The Labute approximate surface area is 181 Å². The van der Waals surface area contributed by atoms with E-state index < -0.39 is 6.04 Å². The second-order valence-corrected chi connectivity index (χ2v) is 7.95. The van der Waals surface area contributed by atoms with Gasteiger partial charge in [0, 0.05) is 18.0 Å². The van der Waals surface area contributed by atoms with Crippen molar-refractivity contribution in [3.63, 3.8) is 0 Å². The molecule has 0 spiro atoms. The number of carbonyl (C=O) groups is 2. The molecular weight excluding hydrogens is 390 g/mol. The number of fused-ring (bicyclic) bond motifs is 1. The zero-order valence-corrected chi connectivity index (χ0v) is 17.3. The molecule has 3 aromatic rings.